The molecule has 0 aromatic heterocycles. The highest BCUT2D eigenvalue weighted by molar-refractivity contribution is 4.90. The van der Waals surface area contributed by atoms with Crippen molar-refractivity contribution in [3.8, 4) is 0 Å². The highest BCUT2D eigenvalue weighted by Gasteiger charge is 2.36. The van der Waals surface area contributed by atoms with E-state index < -0.39 is 0 Å². The molecule has 2 heteroatoms. The molecule has 0 amide bonds. The zero-order valence-corrected chi connectivity index (χ0v) is 9.11. The molecule has 1 saturated heterocycles. The molecule has 0 bridgehead atoms. The van der Waals surface area contributed by atoms with Crippen LogP contribution in [0.15, 0.2) is 12.2 Å². The van der Waals surface area contributed by atoms with Gasteiger partial charge in [-0.1, -0.05) is 26.0 Å². The fraction of sp³-hybridized carbons (Fsp3) is 0.833. The van der Waals surface area contributed by atoms with Gasteiger partial charge < -0.3 is 9.47 Å². The molecular weight excluding hydrogens is 176 g/mol. The third-order valence-corrected chi connectivity index (χ3v) is 2.98. The van der Waals surface area contributed by atoms with Crippen molar-refractivity contribution in [3.63, 3.8) is 0 Å². The molecule has 1 aliphatic carbocycles. The molecule has 1 fully saturated rings. The molecule has 14 heavy (non-hydrogen) atoms. The van der Waals surface area contributed by atoms with Crippen LogP contribution in [0.3, 0.4) is 0 Å². The Balaban J connectivity index is 1.96. The summed E-state index contributed by atoms with van der Waals surface area (Å²) >= 11 is 0. The van der Waals surface area contributed by atoms with Crippen molar-refractivity contribution in [3.05, 3.63) is 12.2 Å². The van der Waals surface area contributed by atoms with Gasteiger partial charge in [-0.15, -0.1) is 0 Å². The van der Waals surface area contributed by atoms with Crippen LogP contribution in [0.25, 0.3) is 0 Å². The molecular formula is C12H20O2. The van der Waals surface area contributed by atoms with Gasteiger partial charge in [0.2, 0.25) is 0 Å². The Morgan fingerprint density at radius 1 is 1.00 bits per heavy atom. The Morgan fingerprint density at radius 2 is 1.50 bits per heavy atom. The van der Waals surface area contributed by atoms with Gasteiger partial charge >= 0.3 is 0 Å². The summed E-state index contributed by atoms with van der Waals surface area (Å²) in [6.45, 7) is 4.31. The number of ether oxygens (including phenoxy) is 2. The van der Waals surface area contributed by atoms with Crippen molar-refractivity contribution < 1.29 is 9.47 Å². The van der Waals surface area contributed by atoms with E-state index in [0.29, 0.717) is 18.1 Å². The first-order valence-corrected chi connectivity index (χ1v) is 5.73. The van der Waals surface area contributed by atoms with Gasteiger partial charge in [0.1, 0.15) is 0 Å². The fourth-order valence-electron chi connectivity index (χ4n) is 2.13. The number of hydrogen-bond donors (Lipinski definition) is 0. The minimum atomic E-state index is 0.0306. The molecule has 2 aliphatic rings. The van der Waals surface area contributed by atoms with E-state index in [2.05, 4.69) is 26.0 Å². The van der Waals surface area contributed by atoms with E-state index in [-0.39, 0.29) is 6.29 Å². The van der Waals surface area contributed by atoms with Crippen molar-refractivity contribution in [2.45, 2.75) is 58.0 Å². The lowest BCUT2D eigenvalue weighted by Crippen LogP contribution is -2.22. The number of rotatable bonds is 1. The first-order chi connectivity index (χ1) is 6.77. The standard InChI is InChI=1S/C12H20O2/c1-9(2)12-13-10-7-5-3-4-6-8-11(10)14-12/h3-4,9-12H,5-8H2,1-2H3/b4-3+/t10-,11+,12?. The van der Waals surface area contributed by atoms with Crippen LogP contribution in [0.1, 0.15) is 39.5 Å². The van der Waals surface area contributed by atoms with Crippen LogP contribution in [-0.2, 0) is 9.47 Å². The molecule has 0 N–H and O–H groups in total. The minimum absolute atomic E-state index is 0.0306. The second-order valence-electron chi connectivity index (χ2n) is 4.59. The van der Waals surface area contributed by atoms with Crippen LogP contribution in [0.4, 0.5) is 0 Å². The van der Waals surface area contributed by atoms with Crippen LogP contribution in [0.5, 0.6) is 0 Å². The van der Waals surface area contributed by atoms with Gasteiger partial charge in [-0.25, -0.2) is 0 Å². The second kappa shape index (κ2) is 4.45. The molecule has 0 radical (unpaired) electrons. The van der Waals surface area contributed by atoms with E-state index in [9.17, 15) is 0 Å². The van der Waals surface area contributed by atoms with E-state index in [1.54, 1.807) is 0 Å². The topological polar surface area (TPSA) is 18.5 Å². The fourth-order valence-corrected chi connectivity index (χ4v) is 2.13. The van der Waals surface area contributed by atoms with Gasteiger partial charge in [0.25, 0.3) is 0 Å². The van der Waals surface area contributed by atoms with Gasteiger partial charge in [-0.3, -0.25) is 0 Å². The first-order valence-electron chi connectivity index (χ1n) is 5.73. The molecule has 80 valence electrons. The predicted molar refractivity (Wildman–Crippen MR) is 56.0 cm³/mol. The molecule has 0 spiro atoms. The van der Waals surface area contributed by atoms with Gasteiger partial charge in [-0.2, -0.15) is 0 Å². The van der Waals surface area contributed by atoms with Crippen LogP contribution < -0.4 is 0 Å². The van der Waals surface area contributed by atoms with Gasteiger partial charge in [0, 0.05) is 5.92 Å². The van der Waals surface area contributed by atoms with Crippen LogP contribution in [-0.4, -0.2) is 18.5 Å². The van der Waals surface area contributed by atoms with Gasteiger partial charge in [0.15, 0.2) is 6.29 Å². The maximum Gasteiger partial charge on any atom is 0.160 e. The maximum absolute atomic E-state index is 5.91. The smallest absolute Gasteiger partial charge is 0.160 e. The molecule has 2 rings (SSSR count). The first kappa shape index (κ1) is 10.2. The van der Waals surface area contributed by atoms with E-state index in [1.165, 1.54) is 0 Å². The SMILES string of the molecule is CC(C)C1O[C@H]2CC/C=C/CC[C@H]2O1. The Bertz CT molecular complexity index is 192. The molecule has 0 saturated carbocycles. The van der Waals surface area contributed by atoms with Crippen molar-refractivity contribution in [1.82, 2.24) is 0 Å². The molecule has 1 unspecified atom stereocenters. The molecule has 0 aromatic rings. The normalized spacial score (nSPS) is 40.4. The Kier molecular flexibility index (Phi) is 3.24. The summed E-state index contributed by atoms with van der Waals surface area (Å²) in [5, 5.41) is 0. The second-order valence-corrected chi connectivity index (χ2v) is 4.59. The summed E-state index contributed by atoms with van der Waals surface area (Å²) in [6.07, 6.45) is 9.74. The van der Waals surface area contributed by atoms with Crippen molar-refractivity contribution in [1.29, 1.82) is 0 Å². The lowest BCUT2D eigenvalue weighted by molar-refractivity contribution is -0.0959. The Labute approximate surface area is 86.3 Å². The Hall–Kier alpha value is -0.340. The summed E-state index contributed by atoms with van der Waals surface area (Å²) < 4.78 is 11.8. The quantitative estimate of drug-likeness (QED) is 0.600. The molecule has 0 aromatic carbocycles. The summed E-state index contributed by atoms with van der Waals surface area (Å²) in [6, 6.07) is 0. The van der Waals surface area contributed by atoms with Crippen molar-refractivity contribution >= 4 is 0 Å². The van der Waals surface area contributed by atoms with E-state index in [0.717, 1.165) is 25.7 Å². The summed E-state index contributed by atoms with van der Waals surface area (Å²) in [4.78, 5) is 0. The largest absolute Gasteiger partial charge is 0.346 e. The highest BCUT2D eigenvalue weighted by Crippen LogP contribution is 2.30. The average molecular weight is 196 g/mol. The third kappa shape index (κ3) is 2.18. The summed E-state index contributed by atoms with van der Waals surface area (Å²) in [5.41, 5.74) is 0. The van der Waals surface area contributed by atoms with Gasteiger partial charge in [0.05, 0.1) is 12.2 Å². The monoisotopic (exact) mass is 196 g/mol. The maximum atomic E-state index is 5.91. The lowest BCUT2D eigenvalue weighted by Gasteiger charge is -2.16. The third-order valence-electron chi connectivity index (χ3n) is 2.98. The zero-order chi connectivity index (χ0) is 9.97. The van der Waals surface area contributed by atoms with Crippen molar-refractivity contribution in [2.24, 2.45) is 5.92 Å². The minimum Gasteiger partial charge on any atom is -0.346 e. The lowest BCUT2D eigenvalue weighted by atomic mass is 10.0. The van der Waals surface area contributed by atoms with E-state index >= 15 is 0 Å². The zero-order valence-electron chi connectivity index (χ0n) is 9.11. The van der Waals surface area contributed by atoms with Crippen LogP contribution >= 0.6 is 0 Å². The average Bonchev–Trinajstić information content (AvgIpc) is 2.48. The Morgan fingerprint density at radius 3 is 1.93 bits per heavy atom. The number of hydrogen-bond acceptors (Lipinski definition) is 2. The molecule has 1 heterocycles. The van der Waals surface area contributed by atoms with Crippen LogP contribution in [0, 0.1) is 5.92 Å². The van der Waals surface area contributed by atoms with Crippen LogP contribution in [0.2, 0.25) is 0 Å². The predicted octanol–water partition coefficient (Wildman–Crippen LogP) is 2.88. The molecule has 1 aliphatic heterocycles. The van der Waals surface area contributed by atoms with E-state index in [1.807, 2.05) is 0 Å². The molecule has 2 nitrogen and oxygen atoms in total. The number of allylic oxidation sites excluding steroid dienone is 2. The van der Waals surface area contributed by atoms with Crippen molar-refractivity contribution in [2.75, 3.05) is 0 Å². The van der Waals surface area contributed by atoms with E-state index in [4.69, 9.17) is 9.47 Å². The van der Waals surface area contributed by atoms with Gasteiger partial charge in [-0.05, 0) is 25.7 Å². The highest BCUT2D eigenvalue weighted by atomic mass is 16.7. The molecule has 3 atom stereocenters. The summed E-state index contributed by atoms with van der Waals surface area (Å²) in [5.74, 6) is 0.469. The summed E-state index contributed by atoms with van der Waals surface area (Å²) in [7, 11) is 0. The number of fused-ring (bicyclic) bond motifs is 1.